The number of benzene rings is 1. The Balaban J connectivity index is 1.46. The number of imidazole rings is 1. The maximum Gasteiger partial charge on any atom is 0.242 e. The van der Waals surface area contributed by atoms with E-state index in [0.717, 1.165) is 62.7 Å². The van der Waals surface area contributed by atoms with E-state index in [2.05, 4.69) is 29.5 Å². The second-order valence-corrected chi connectivity index (χ2v) is 12.2. The van der Waals surface area contributed by atoms with Gasteiger partial charge in [0, 0.05) is 32.2 Å². The van der Waals surface area contributed by atoms with E-state index in [1.54, 1.807) is 37.6 Å². The van der Waals surface area contributed by atoms with Crippen molar-refractivity contribution in [3.8, 4) is 0 Å². The molecule has 0 aliphatic heterocycles. The van der Waals surface area contributed by atoms with E-state index in [0.29, 0.717) is 29.6 Å². The molecule has 3 aromatic rings. The molecule has 0 bridgehead atoms. The third-order valence-corrected chi connectivity index (χ3v) is 9.16. The van der Waals surface area contributed by atoms with Crippen molar-refractivity contribution >= 4 is 33.0 Å². The number of hydrogen-bond donors (Lipinski definition) is 3. The normalized spacial score (nSPS) is 19.1. The number of sulfonamides is 1. The van der Waals surface area contributed by atoms with Gasteiger partial charge in [-0.25, -0.2) is 17.7 Å². The molecule has 1 aliphatic carbocycles. The quantitative estimate of drug-likeness (QED) is 0.292. The molecule has 1 aromatic carbocycles. The van der Waals surface area contributed by atoms with Gasteiger partial charge in [-0.05, 0) is 64.0 Å². The Bertz CT molecular complexity index is 1270. The standard InChI is InChI=1S/C27H41N7O3S/c1-4-10-20(11-9-18-33(3)38(36,37)23-12-7-6-8-13-23)29-25-24-26(34(5-2)19-28-24)32-27(31-25)30-21-14-16-22(35)17-15-21/h6-8,12-13,19-22,35H,4-5,9-11,14-18H2,1-3H3,(H2,29,30,31,32). The maximum absolute atomic E-state index is 12.9. The van der Waals surface area contributed by atoms with Crippen LogP contribution in [0.4, 0.5) is 11.8 Å². The summed E-state index contributed by atoms with van der Waals surface area (Å²) >= 11 is 0. The van der Waals surface area contributed by atoms with Crippen molar-refractivity contribution in [2.45, 2.75) is 94.8 Å². The van der Waals surface area contributed by atoms with E-state index >= 15 is 0 Å². The van der Waals surface area contributed by atoms with E-state index in [4.69, 9.17) is 9.97 Å². The zero-order valence-electron chi connectivity index (χ0n) is 22.7. The second kappa shape index (κ2) is 12.9. The number of hydrogen-bond acceptors (Lipinski definition) is 8. The fraction of sp³-hybridized carbons (Fsp3) is 0.593. The van der Waals surface area contributed by atoms with Crippen LogP contribution in [0.25, 0.3) is 11.2 Å². The van der Waals surface area contributed by atoms with Crippen molar-refractivity contribution in [1.82, 2.24) is 23.8 Å². The van der Waals surface area contributed by atoms with Crippen molar-refractivity contribution in [3.63, 3.8) is 0 Å². The molecule has 0 saturated heterocycles. The molecule has 2 aromatic heterocycles. The molecule has 1 aliphatic rings. The summed E-state index contributed by atoms with van der Waals surface area (Å²) in [6.07, 6.45) is 8.35. The predicted octanol–water partition coefficient (Wildman–Crippen LogP) is 4.24. The molecule has 0 spiro atoms. The number of aliphatic hydroxyl groups excluding tert-OH is 1. The molecule has 11 heteroatoms. The Morgan fingerprint density at radius 3 is 2.53 bits per heavy atom. The molecule has 4 rings (SSSR count). The summed E-state index contributed by atoms with van der Waals surface area (Å²) in [5.41, 5.74) is 1.52. The van der Waals surface area contributed by atoms with Crippen molar-refractivity contribution < 1.29 is 13.5 Å². The summed E-state index contributed by atoms with van der Waals surface area (Å²) in [7, 11) is -1.87. The van der Waals surface area contributed by atoms with Gasteiger partial charge >= 0.3 is 0 Å². The molecule has 1 fully saturated rings. The minimum absolute atomic E-state index is 0.121. The third-order valence-electron chi connectivity index (χ3n) is 7.29. The molecule has 1 saturated carbocycles. The lowest BCUT2D eigenvalue weighted by Gasteiger charge is -2.26. The third kappa shape index (κ3) is 6.81. The van der Waals surface area contributed by atoms with Gasteiger partial charge in [0.25, 0.3) is 0 Å². The first-order valence-corrected chi connectivity index (χ1v) is 15.2. The van der Waals surface area contributed by atoms with E-state index < -0.39 is 10.0 Å². The first-order valence-electron chi connectivity index (χ1n) is 13.8. The monoisotopic (exact) mass is 543 g/mol. The van der Waals surface area contributed by atoms with Crippen molar-refractivity contribution in [2.24, 2.45) is 0 Å². The van der Waals surface area contributed by atoms with Crippen LogP contribution < -0.4 is 10.6 Å². The highest BCUT2D eigenvalue weighted by atomic mass is 32.2. The van der Waals surface area contributed by atoms with Crippen LogP contribution in [0.2, 0.25) is 0 Å². The zero-order chi connectivity index (χ0) is 27.1. The Morgan fingerprint density at radius 1 is 1.11 bits per heavy atom. The number of nitrogens with one attached hydrogen (secondary N) is 2. The van der Waals surface area contributed by atoms with Crippen LogP contribution in [-0.4, -0.2) is 69.1 Å². The van der Waals surface area contributed by atoms with Crippen molar-refractivity contribution in [3.05, 3.63) is 36.7 Å². The zero-order valence-corrected chi connectivity index (χ0v) is 23.5. The Labute approximate surface area is 225 Å². The van der Waals surface area contributed by atoms with Crippen molar-refractivity contribution in [2.75, 3.05) is 24.2 Å². The molecular weight excluding hydrogens is 502 g/mol. The number of nitrogens with zero attached hydrogens (tertiary/aromatic N) is 5. The Hall–Kier alpha value is -2.76. The number of aromatic nitrogens is 4. The van der Waals surface area contributed by atoms with E-state index in [1.165, 1.54) is 4.31 Å². The van der Waals surface area contributed by atoms with Crippen LogP contribution in [0.5, 0.6) is 0 Å². The fourth-order valence-electron chi connectivity index (χ4n) is 5.03. The lowest BCUT2D eigenvalue weighted by atomic mass is 9.93. The fourth-order valence-corrected chi connectivity index (χ4v) is 6.26. The summed E-state index contributed by atoms with van der Waals surface area (Å²) < 4.78 is 29.2. The van der Waals surface area contributed by atoms with Crippen LogP contribution in [0.15, 0.2) is 41.6 Å². The van der Waals surface area contributed by atoms with Crippen LogP contribution in [0, 0.1) is 0 Å². The number of aliphatic hydroxyl groups is 1. The highest BCUT2D eigenvalue weighted by Crippen LogP contribution is 2.26. The Kier molecular flexibility index (Phi) is 9.56. The highest BCUT2D eigenvalue weighted by molar-refractivity contribution is 7.89. The largest absolute Gasteiger partial charge is 0.393 e. The van der Waals surface area contributed by atoms with Gasteiger partial charge in [0.1, 0.15) is 0 Å². The molecule has 0 amide bonds. The molecule has 38 heavy (non-hydrogen) atoms. The van der Waals surface area contributed by atoms with Gasteiger partial charge in [-0.1, -0.05) is 31.5 Å². The molecule has 208 valence electrons. The summed E-state index contributed by atoms with van der Waals surface area (Å²) in [4.78, 5) is 14.5. The SMILES string of the molecule is CCCC(CCCN(C)S(=O)(=O)c1ccccc1)Nc1nc(NC2CCC(O)CC2)nc2c1ncn2CC. The summed E-state index contributed by atoms with van der Waals surface area (Å²) in [5, 5.41) is 17.0. The van der Waals surface area contributed by atoms with Gasteiger partial charge in [-0.15, -0.1) is 0 Å². The van der Waals surface area contributed by atoms with Gasteiger partial charge in [0.2, 0.25) is 16.0 Å². The minimum Gasteiger partial charge on any atom is -0.393 e. The van der Waals surface area contributed by atoms with Gasteiger partial charge < -0.3 is 20.3 Å². The number of aryl methyl sites for hydroxylation is 1. The molecule has 2 heterocycles. The average molecular weight is 544 g/mol. The predicted molar refractivity (Wildman–Crippen MR) is 151 cm³/mol. The van der Waals surface area contributed by atoms with Gasteiger partial charge in [-0.3, -0.25) is 0 Å². The van der Waals surface area contributed by atoms with E-state index in [9.17, 15) is 13.5 Å². The smallest absolute Gasteiger partial charge is 0.242 e. The topological polar surface area (TPSA) is 125 Å². The van der Waals surface area contributed by atoms with Gasteiger partial charge in [0.15, 0.2) is 17.0 Å². The summed E-state index contributed by atoms with van der Waals surface area (Å²) in [6, 6.07) is 8.91. The summed E-state index contributed by atoms with van der Waals surface area (Å²) in [6.45, 7) is 5.39. The number of rotatable bonds is 13. The van der Waals surface area contributed by atoms with Gasteiger partial charge in [0.05, 0.1) is 17.3 Å². The lowest BCUT2D eigenvalue weighted by Crippen LogP contribution is -2.30. The first-order chi connectivity index (χ1) is 18.3. The van der Waals surface area contributed by atoms with Gasteiger partial charge in [-0.2, -0.15) is 9.97 Å². The molecule has 1 atom stereocenters. The van der Waals surface area contributed by atoms with E-state index in [-0.39, 0.29) is 18.2 Å². The maximum atomic E-state index is 12.9. The second-order valence-electron chi connectivity index (χ2n) is 10.2. The van der Waals surface area contributed by atoms with Crippen LogP contribution in [0.3, 0.4) is 0 Å². The lowest BCUT2D eigenvalue weighted by molar-refractivity contribution is 0.126. The number of fused-ring (bicyclic) bond motifs is 1. The number of anilines is 2. The highest BCUT2D eigenvalue weighted by Gasteiger charge is 2.23. The molecule has 10 nitrogen and oxygen atoms in total. The Morgan fingerprint density at radius 2 is 1.84 bits per heavy atom. The van der Waals surface area contributed by atoms with E-state index in [1.807, 2.05) is 10.6 Å². The molecule has 1 unspecified atom stereocenters. The first kappa shape index (κ1) is 28.3. The molecule has 0 radical (unpaired) electrons. The van der Waals surface area contributed by atoms with Crippen LogP contribution in [-0.2, 0) is 16.6 Å². The molecule has 3 N–H and O–H groups in total. The molecular formula is C27H41N7O3S. The van der Waals surface area contributed by atoms with Crippen molar-refractivity contribution in [1.29, 1.82) is 0 Å². The van der Waals surface area contributed by atoms with Crippen LogP contribution in [0.1, 0.15) is 65.2 Å². The average Bonchev–Trinajstić information content (AvgIpc) is 3.34. The van der Waals surface area contributed by atoms with Crippen LogP contribution >= 0.6 is 0 Å². The summed E-state index contributed by atoms with van der Waals surface area (Å²) in [5.74, 6) is 1.27. The minimum atomic E-state index is -3.50.